The Bertz CT molecular complexity index is 1330. The van der Waals surface area contributed by atoms with Gasteiger partial charge >= 0.3 is 0 Å². The molecule has 1 N–H and O–H groups in total. The number of hydrogen-bond donors (Lipinski definition) is 1. The number of nitrogens with one attached hydrogen (secondary N) is 1. The van der Waals surface area contributed by atoms with Crippen LogP contribution < -0.4 is 15.0 Å². The van der Waals surface area contributed by atoms with E-state index in [0.717, 1.165) is 54.0 Å². The van der Waals surface area contributed by atoms with E-state index in [1.165, 1.54) is 19.3 Å². The second kappa shape index (κ2) is 11.2. The Balaban J connectivity index is 1.02. The summed E-state index contributed by atoms with van der Waals surface area (Å²) in [5.41, 5.74) is 1.12. The molecule has 4 bridgehead atoms. The highest BCUT2D eigenvalue weighted by Gasteiger charge is 2.58. The lowest BCUT2D eigenvalue weighted by Gasteiger charge is -2.57. The minimum absolute atomic E-state index is 0.00173. The molecule has 2 aliphatic heterocycles. The topological polar surface area (TPSA) is 82.2 Å². The molecule has 8 rings (SSSR count). The first kappa shape index (κ1) is 28.2. The first-order chi connectivity index (χ1) is 20.9. The van der Waals surface area contributed by atoms with Crippen molar-refractivity contribution >= 4 is 23.4 Å². The average Bonchev–Trinajstić information content (AvgIpc) is 3.27. The molecule has 3 amide bonds. The Morgan fingerprint density at radius 1 is 0.907 bits per heavy atom. The minimum atomic E-state index is -0.739. The fraction of sp³-hybridized carbons (Fsp3) is 0.571. The predicted molar refractivity (Wildman–Crippen MR) is 164 cm³/mol. The number of rotatable bonds is 8. The summed E-state index contributed by atoms with van der Waals surface area (Å²) in [6.45, 7) is 2.04. The molecular weight excluding hydrogens is 540 g/mol. The molecule has 43 heavy (non-hydrogen) atoms. The zero-order valence-corrected chi connectivity index (χ0v) is 25.3. The Morgan fingerprint density at radius 3 is 2.19 bits per heavy atom. The molecule has 0 aromatic heterocycles. The van der Waals surface area contributed by atoms with E-state index in [2.05, 4.69) is 15.1 Å². The van der Waals surface area contributed by atoms with Crippen LogP contribution in [0.1, 0.15) is 56.9 Å². The van der Waals surface area contributed by atoms with Gasteiger partial charge in [-0.15, -0.1) is 0 Å². The van der Waals surface area contributed by atoms with Gasteiger partial charge in [0.2, 0.25) is 11.8 Å². The van der Waals surface area contributed by atoms with Crippen LogP contribution in [-0.4, -0.2) is 73.0 Å². The second-order valence-corrected chi connectivity index (χ2v) is 13.8. The van der Waals surface area contributed by atoms with Gasteiger partial charge in [-0.2, -0.15) is 0 Å². The Morgan fingerprint density at radius 2 is 1.53 bits per heavy atom. The summed E-state index contributed by atoms with van der Waals surface area (Å²) in [7, 11) is 1.65. The van der Waals surface area contributed by atoms with Crippen LogP contribution in [0.2, 0.25) is 0 Å². The number of piperidine rings is 1. The molecule has 8 heteroatoms. The third-order valence-corrected chi connectivity index (χ3v) is 11.2. The lowest BCUT2D eigenvalue weighted by molar-refractivity contribution is -0.160. The van der Waals surface area contributed by atoms with Gasteiger partial charge in [-0.05, 0) is 99.3 Å². The number of para-hydroxylation sites is 2. The largest absolute Gasteiger partial charge is 0.496 e. The maximum Gasteiger partial charge on any atom is 0.250 e. The fourth-order valence-corrected chi connectivity index (χ4v) is 9.59. The van der Waals surface area contributed by atoms with Crippen LogP contribution in [-0.2, 0) is 20.8 Å². The predicted octanol–water partition coefficient (Wildman–Crippen LogP) is 4.24. The molecule has 228 valence electrons. The summed E-state index contributed by atoms with van der Waals surface area (Å²) in [5.74, 6) is 3.17. The SMILES string of the molecule is COc1ccccc1CCNC(=O)CN1CN(c2ccccc2)C2(CCN(C(=O)C34CC5CC(CC(C5)C3)C4)CC2)C1=O. The zero-order valence-electron chi connectivity index (χ0n) is 25.3. The van der Waals surface area contributed by atoms with Crippen molar-refractivity contribution in [3.63, 3.8) is 0 Å². The lowest BCUT2D eigenvalue weighted by Crippen LogP contribution is -2.61. The highest BCUT2D eigenvalue weighted by atomic mass is 16.5. The van der Waals surface area contributed by atoms with Gasteiger partial charge in [-0.25, -0.2) is 0 Å². The third-order valence-electron chi connectivity index (χ3n) is 11.2. The number of carbonyl (C=O) groups excluding carboxylic acids is 3. The quantitative estimate of drug-likeness (QED) is 0.502. The summed E-state index contributed by atoms with van der Waals surface area (Å²) >= 11 is 0. The molecule has 2 aromatic rings. The Hall–Kier alpha value is -3.55. The van der Waals surface area contributed by atoms with Crippen molar-refractivity contribution < 1.29 is 19.1 Å². The number of amides is 3. The number of methoxy groups -OCH3 is 1. The fourth-order valence-electron chi connectivity index (χ4n) is 9.59. The monoisotopic (exact) mass is 584 g/mol. The summed E-state index contributed by atoms with van der Waals surface area (Å²) in [4.78, 5) is 47.3. The molecule has 6 aliphatic rings. The summed E-state index contributed by atoms with van der Waals surface area (Å²) < 4.78 is 5.43. The van der Waals surface area contributed by atoms with Crippen molar-refractivity contribution in [2.24, 2.45) is 23.2 Å². The van der Waals surface area contributed by atoms with Gasteiger partial charge in [-0.1, -0.05) is 36.4 Å². The first-order valence-corrected chi connectivity index (χ1v) is 16.2. The summed E-state index contributed by atoms with van der Waals surface area (Å²) in [5, 5.41) is 3.00. The van der Waals surface area contributed by atoms with E-state index in [4.69, 9.17) is 4.74 Å². The van der Waals surface area contributed by atoms with Gasteiger partial charge in [-0.3, -0.25) is 14.4 Å². The molecular formula is C35H44N4O4. The Labute approximate surface area is 254 Å². The van der Waals surface area contributed by atoms with E-state index in [0.29, 0.717) is 51.5 Å². The molecule has 4 aliphatic carbocycles. The van der Waals surface area contributed by atoms with E-state index < -0.39 is 5.54 Å². The highest BCUT2D eigenvalue weighted by molar-refractivity contribution is 5.96. The van der Waals surface area contributed by atoms with Gasteiger partial charge in [0.15, 0.2) is 0 Å². The van der Waals surface area contributed by atoms with Crippen molar-refractivity contribution in [3.8, 4) is 5.75 Å². The maximum absolute atomic E-state index is 14.2. The molecule has 0 atom stereocenters. The highest BCUT2D eigenvalue weighted by Crippen LogP contribution is 2.60. The van der Waals surface area contributed by atoms with Crippen LogP contribution in [0, 0.1) is 23.2 Å². The normalized spacial score (nSPS) is 28.9. The molecule has 2 heterocycles. The standard InChI is InChI=1S/C35H44N4O4/c1-43-30-10-6-5-7-28(30)11-14-36-31(40)23-38-24-39(29-8-3-2-4-9-29)35(33(38)42)12-15-37(16-13-35)32(41)34-20-25-17-26(21-34)19-27(18-25)22-34/h2-10,25-27H,11-24H2,1H3,(H,36,40). The summed E-state index contributed by atoms with van der Waals surface area (Å²) in [6, 6.07) is 17.8. The number of benzene rings is 2. The van der Waals surface area contributed by atoms with E-state index in [1.807, 2.05) is 54.6 Å². The molecule has 0 radical (unpaired) electrons. The van der Waals surface area contributed by atoms with Gasteiger partial charge < -0.3 is 24.8 Å². The van der Waals surface area contributed by atoms with Crippen LogP contribution in [0.25, 0.3) is 0 Å². The zero-order chi connectivity index (χ0) is 29.6. The van der Waals surface area contributed by atoms with E-state index >= 15 is 0 Å². The molecule has 8 nitrogen and oxygen atoms in total. The molecule has 2 aromatic carbocycles. The van der Waals surface area contributed by atoms with Crippen molar-refractivity contribution in [3.05, 3.63) is 60.2 Å². The Kier molecular flexibility index (Phi) is 7.34. The molecule has 0 unspecified atom stereocenters. The van der Waals surface area contributed by atoms with E-state index in [1.54, 1.807) is 12.0 Å². The molecule has 1 spiro atoms. The van der Waals surface area contributed by atoms with Gasteiger partial charge in [0.05, 0.1) is 19.2 Å². The van der Waals surface area contributed by atoms with Gasteiger partial charge in [0, 0.05) is 25.3 Å². The van der Waals surface area contributed by atoms with Crippen molar-refractivity contribution in [1.29, 1.82) is 0 Å². The number of anilines is 1. The molecule has 4 saturated carbocycles. The van der Waals surface area contributed by atoms with Crippen LogP contribution >= 0.6 is 0 Å². The van der Waals surface area contributed by atoms with Crippen LogP contribution in [0.4, 0.5) is 5.69 Å². The average molecular weight is 585 g/mol. The number of likely N-dealkylation sites (tertiary alicyclic amines) is 1. The summed E-state index contributed by atoms with van der Waals surface area (Å²) in [6.07, 6.45) is 8.98. The van der Waals surface area contributed by atoms with Crippen LogP contribution in [0.15, 0.2) is 54.6 Å². The number of hydrogen-bond acceptors (Lipinski definition) is 5. The number of carbonyl (C=O) groups is 3. The van der Waals surface area contributed by atoms with E-state index in [9.17, 15) is 14.4 Å². The maximum atomic E-state index is 14.2. The smallest absolute Gasteiger partial charge is 0.250 e. The van der Waals surface area contributed by atoms with Crippen LogP contribution in [0.3, 0.4) is 0 Å². The minimum Gasteiger partial charge on any atom is -0.496 e. The first-order valence-electron chi connectivity index (χ1n) is 16.2. The lowest BCUT2D eigenvalue weighted by atomic mass is 9.49. The second-order valence-electron chi connectivity index (χ2n) is 13.8. The number of nitrogens with zero attached hydrogens (tertiary/aromatic N) is 3. The van der Waals surface area contributed by atoms with E-state index in [-0.39, 0.29) is 23.8 Å². The van der Waals surface area contributed by atoms with Crippen molar-refractivity contribution in [1.82, 2.24) is 15.1 Å². The van der Waals surface area contributed by atoms with Crippen LogP contribution in [0.5, 0.6) is 5.75 Å². The van der Waals surface area contributed by atoms with Crippen molar-refractivity contribution in [2.75, 3.05) is 44.9 Å². The van der Waals surface area contributed by atoms with Gasteiger partial charge in [0.25, 0.3) is 5.91 Å². The third kappa shape index (κ3) is 5.06. The number of ether oxygens (including phenoxy) is 1. The molecule has 6 fully saturated rings. The van der Waals surface area contributed by atoms with Gasteiger partial charge in [0.1, 0.15) is 17.8 Å². The molecule has 2 saturated heterocycles. The van der Waals surface area contributed by atoms with Crippen molar-refractivity contribution in [2.45, 2.75) is 63.3 Å².